The van der Waals surface area contributed by atoms with Crippen LogP contribution in [0.1, 0.15) is 26.7 Å². The number of piperidine rings is 1. The van der Waals surface area contributed by atoms with Crippen molar-refractivity contribution in [2.45, 2.75) is 32.7 Å². The van der Waals surface area contributed by atoms with Crippen LogP contribution in [-0.4, -0.2) is 17.6 Å². The molecule has 0 aromatic carbocycles. The lowest BCUT2D eigenvalue weighted by atomic mass is 9.95. The summed E-state index contributed by atoms with van der Waals surface area (Å²) in [6.07, 6.45) is 4.36. The first-order chi connectivity index (χ1) is 7.16. The second kappa shape index (κ2) is 4.09. The summed E-state index contributed by atoms with van der Waals surface area (Å²) in [5, 5.41) is 0. The molecule has 1 fully saturated rings. The van der Waals surface area contributed by atoms with Crippen molar-refractivity contribution < 1.29 is 0 Å². The highest BCUT2D eigenvalue weighted by atomic mass is 15.2. The fourth-order valence-corrected chi connectivity index (χ4v) is 2.20. The van der Waals surface area contributed by atoms with Crippen LogP contribution in [0.5, 0.6) is 0 Å². The standard InChI is InChI=1S/C12H19N3/c1-9-3-4-10(2)15(8-9)12-7-11(13)5-6-14-12/h5-7,9-10H,3-4,8H2,1-2H3,(H2,13,14). The maximum atomic E-state index is 5.78. The summed E-state index contributed by atoms with van der Waals surface area (Å²) in [6.45, 7) is 5.65. The maximum absolute atomic E-state index is 5.78. The lowest BCUT2D eigenvalue weighted by molar-refractivity contribution is 0.388. The van der Waals surface area contributed by atoms with Gasteiger partial charge in [0, 0.05) is 30.5 Å². The summed E-state index contributed by atoms with van der Waals surface area (Å²) in [4.78, 5) is 6.76. The minimum Gasteiger partial charge on any atom is -0.399 e. The normalized spacial score (nSPS) is 26.7. The van der Waals surface area contributed by atoms with Crippen molar-refractivity contribution in [3.05, 3.63) is 18.3 Å². The Morgan fingerprint density at radius 2 is 2.20 bits per heavy atom. The molecular formula is C12H19N3. The second-order valence-corrected chi connectivity index (χ2v) is 4.63. The molecule has 1 aromatic heterocycles. The molecule has 2 atom stereocenters. The Kier molecular flexibility index (Phi) is 2.80. The van der Waals surface area contributed by atoms with Crippen LogP contribution in [-0.2, 0) is 0 Å². The first-order valence-electron chi connectivity index (χ1n) is 5.65. The van der Waals surface area contributed by atoms with Crippen molar-refractivity contribution in [2.75, 3.05) is 17.2 Å². The number of nitrogens with two attached hydrogens (primary N) is 1. The number of nitrogen functional groups attached to an aromatic ring is 1. The summed E-state index contributed by atoms with van der Waals surface area (Å²) in [5.74, 6) is 1.78. The highest BCUT2D eigenvalue weighted by Crippen LogP contribution is 2.26. The number of pyridine rings is 1. The first kappa shape index (κ1) is 10.3. The Balaban J connectivity index is 2.21. The van der Waals surface area contributed by atoms with Crippen LogP contribution in [0.4, 0.5) is 11.5 Å². The molecule has 0 spiro atoms. The molecule has 1 aromatic rings. The van der Waals surface area contributed by atoms with Gasteiger partial charge in [0.1, 0.15) is 5.82 Å². The van der Waals surface area contributed by atoms with Gasteiger partial charge >= 0.3 is 0 Å². The Bertz CT molecular complexity index is 337. The monoisotopic (exact) mass is 205 g/mol. The summed E-state index contributed by atoms with van der Waals surface area (Å²) in [7, 11) is 0. The van der Waals surface area contributed by atoms with Crippen LogP contribution in [0, 0.1) is 5.92 Å². The molecule has 15 heavy (non-hydrogen) atoms. The fourth-order valence-electron chi connectivity index (χ4n) is 2.20. The molecule has 2 N–H and O–H groups in total. The summed E-state index contributed by atoms with van der Waals surface area (Å²) >= 11 is 0. The molecule has 0 amide bonds. The number of hydrogen-bond acceptors (Lipinski definition) is 3. The Hall–Kier alpha value is -1.25. The Morgan fingerprint density at radius 1 is 1.40 bits per heavy atom. The highest BCUT2D eigenvalue weighted by molar-refractivity contribution is 5.51. The second-order valence-electron chi connectivity index (χ2n) is 4.63. The van der Waals surface area contributed by atoms with Gasteiger partial charge in [-0.15, -0.1) is 0 Å². The SMILES string of the molecule is CC1CCC(C)N(c2cc(N)ccn2)C1. The van der Waals surface area contributed by atoms with Crippen molar-refractivity contribution in [3.8, 4) is 0 Å². The van der Waals surface area contributed by atoms with E-state index in [0.717, 1.165) is 24.0 Å². The molecule has 3 nitrogen and oxygen atoms in total. The molecule has 0 saturated carbocycles. The van der Waals surface area contributed by atoms with Gasteiger partial charge in [-0.05, 0) is 31.7 Å². The van der Waals surface area contributed by atoms with E-state index in [-0.39, 0.29) is 0 Å². The van der Waals surface area contributed by atoms with Gasteiger partial charge in [0.15, 0.2) is 0 Å². The van der Waals surface area contributed by atoms with Crippen LogP contribution < -0.4 is 10.6 Å². The third-order valence-electron chi connectivity index (χ3n) is 3.18. The Morgan fingerprint density at radius 3 is 2.93 bits per heavy atom. The zero-order valence-electron chi connectivity index (χ0n) is 9.48. The smallest absolute Gasteiger partial charge is 0.130 e. The zero-order valence-corrected chi connectivity index (χ0v) is 9.48. The van der Waals surface area contributed by atoms with Gasteiger partial charge in [0.05, 0.1) is 0 Å². The van der Waals surface area contributed by atoms with Crippen molar-refractivity contribution in [3.63, 3.8) is 0 Å². The van der Waals surface area contributed by atoms with E-state index >= 15 is 0 Å². The van der Waals surface area contributed by atoms with Crippen molar-refractivity contribution in [2.24, 2.45) is 5.92 Å². The van der Waals surface area contributed by atoms with Gasteiger partial charge in [-0.2, -0.15) is 0 Å². The van der Waals surface area contributed by atoms with E-state index in [9.17, 15) is 0 Å². The van der Waals surface area contributed by atoms with Crippen molar-refractivity contribution in [1.29, 1.82) is 0 Å². The van der Waals surface area contributed by atoms with Crippen LogP contribution in [0.15, 0.2) is 18.3 Å². The molecule has 2 unspecified atom stereocenters. The van der Waals surface area contributed by atoms with Gasteiger partial charge in [-0.3, -0.25) is 0 Å². The van der Waals surface area contributed by atoms with Crippen LogP contribution >= 0.6 is 0 Å². The fraction of sp³-hybridized carbons (Fsp3) is 0.583. The van der Waals surface area contributed by atoms with E-state index in [1.807, 2.05) is 12.1 Å². The third kappa shape index (κ3) is 2.22. The molecule has 3 heteroatoms. The molecule has 1 saturated heterocycles. The van der Waals surface area contributed by atoms with Gasteiger partial charge in [-0.1, -0.05) is 6.92 Å². The average Bonchev–Trinajstić information content (AvgIpc) is 2.22. The van der Waals surface area contributed by atoms with Crippen molar-refractivity contribution >= 4 is 11.5 Å². The number of hydrogen-bond donors (Lipinski definition) is 1. The van der Waals surface area contributed by atoms with E-state index in [1.165, 1.54) is 12.8 Å². The Labute approximate surface area is 91.3 Å². The molecule has 2 rings (SSSR count). The minimum atomic E-state index is 0.579. The van der Waals surface area contributed by atoms with E-state index in [0.29, 0.717) is 6.04 Å². The van der Waals surface area contributed by atoms with Crippen LogP contribution in [0.25, 0.3) is 0 Å². The lowest BCUT2D eigenvalue weighted by Crippen LogP contribution is -2.41. The predicted molar refractivity (Wildman–Crippen MR) is 63.9 cm³/mol. The number of aromatic nitrogens is 1. The quantitative estimate of drug-likeness (QED) is 0.765. The molecule has 1 aliphatic heterocycles. The minimum absolute atomic E-state index is 0.579. The highest BCUT2D eigenvalue weighted by Gasteiger charge is 2.23. The van der Waals surface area contributed by atoms with E-state index < -0.39 is 0 Å². The molecule has 2 heterocycles. The summed E-state index contributed by atoms with van der Waals surface area (Å²) in [6, 6.07) is 4.38. The number of rotatable bonds is 1. The molecule has 0 radical (unpaired) electrons. The zero-order chi connectivity index (χ0) is 10.8. The molecular weight excluding hydrogens is 186 g/mol. The number of nitrogens with zero attached hydrogens (tertiary/aromatic N) is 2. The average molecular weight is 205 g/mol. The first-order valence-corrected chi connectivity index (χ1v) is 5.65. The maximum Gasteiger partial charge on any atom is 0.130 e. The van der Waals surface area contributed by atoms with E-state index in [2.05, 4.69) is 23.7 Å². The number of anilines is 2. The van der Waals surface area contributed by atoms with Crippen LogP contribution in [0.3, 0.4) is 0 Å². The van der Waals surface area contributed by atoms with Crippen molar-refractivity contribution in [1.82, 2.24) is 4.98 Å². The topological polar surface area (TPSA) is 42.1 Å². The molecule has 0 aliphatic carbocycles. The van der Waals surface area contributed by atoms with Gasteiger partial charge in [-0.25, -0.2) is 4.98 Å². The predicted octanol–water partition coefficient (Wildman–Crippen LogP) is 2.29. The molecule has 0 bridgehead atoms. The molecule has 82 valence electrons. The summed E-state index contributed by atoms with van der Waals surface area (Å²) in [5.41, 5.74) is 6.58. The molecule has 1 aliphatic rings. The third-order valence-corrected chi connectivity index (χ3v) is 3.18. The summed E-state index contributed by atoms with van der Waals surface area (Å²) < 4.78 is 0. The van der Waals surface area contributed by atoms with Crippen LogP contribution in [0.2, 0.25) is 0 Å². The van der Waals surface area contributed by atoms with Gasteiger partial charge in [0.2, 0.25) is 0 Å². The lowest BCUT2D eigenvalue weighted by Gasteiger charge is -2.37. The van der Waals surface area contributed by atoms with Gasteiger partial charge in [0.25, 0.3) is 0 Å². The van der Waals surface area contributed by atoms with E-state index in [1.54, 1.807) is 6.20 Å². The van der Waals surface area contributed by atoms with Gasteiger partial charge < -0.3 is 10.6 Å². The largest absolute Gasteiger partial charge is 0.399 e. The van der Waals surface area contributed by atoms with E-state index in [4.69, 9.17) is 5.73 Å².